The number of aliphatic carboxylic acids is 1. The van der Waals surface area contributed by atoms with Gasteiger partial charge in [0.2, 0.25) is 0 Å². The second-order valence-corrected chi connectivity index (χ2v) is 2.12. The first-order valence-corrected chi connectivity index (χ1v) is 3.24. The van der Waals surface area contributed by atoms with Crippen molar-refractivity contribution in [3.63, 3.8) is 0 Å². The van der Waals surface area contributed by atoms with Crippen LogP contribution >= 0.6 is 0 Å². The van der Waals surface area contributed by atoms with Crippen LogP contribution in [0.3, 0.4) is 0 Å². The van der Waals surface area contributed by atoms with Gasteiger partial charge in [-0.2, -0.15) is 0 Å². The summed E-state index contributed by atoms with van der Waals surface area (Å²) in [7, 11) is 0. The number of hydrogen-bond acceptors (Lipinski definition) is 3. The van der Waals surface area contributed by atoms with E-state index in [1.165, 1.54) is 0 Å². The van der Waals surface area contributed by atoms with Crippen LogP contribution in [0.1, 0.15) is 12.8 Å². The first-order chi connectivity index (χ1) is 4.79. The molecule has 1 aliphatic heterocycles. The van der Waals surface area contributed by atoms with Gasteiger partial charge in [0.25, 0.3) is 0 Å². The van der Waals surface area contributed by atoms with Crippen LogP contribution in [0.2, 0.25) is 0 Å². The molecule has 0 bridgehead atoms. The summed E-state index contributed by atoms with van der Waals surface area (Å²) >= 11 is 0. The molecule has 1 aliphatic rings. The van der Waals surface area contributed by atoms with E-state index in [4.69, 9.17) is 14.6 Å². The van der Waals surface area contributed by atoms with E-state index < -0.39 is 12.3 Å². The fourth-order valence-electron chi connectivity index (χ4n) is 0.797. The molecule has 0 aromatic heterocycles. The second-order valence-electron chi connectivity index (χ2n) is 2.12. The van der Waals surface area contributed by atoms with Gasteiger partial charge in [0.1, 0.15) is 0 Å². The Morgan fingerprint density at radius 3 is 2.45 bits per heavy atom. The van der Waals surface area contributed by atoms with Crippen LogP contribution in [-0.2, 0) is 14.3 Å². The Morgan fingerprint density at radius 1 is 1.45 bits per heavy atom. The predicted molar refractivity (Wildman–Crippen MR) is 39.7 cm³/mol. The number of rotatable bonds is 2. The van der Waals surface area contributed by atoms with E-state index in [-0.39, 0.29) is 57.8 Å². The van der Waals surface area contributed by atoms with Crippen LogP contribution in [0.4, 0.5) is 0 Å². The molecule has 11 heavy (non-hydrogen) atoms. The van der Waals surface area contributed by atoms with Crippen molar-refractivity contribution in [2.45, 2.75) is 19.1 Å². The van der Waals surface area contributed by atoms with Crippen molar-refractivity contribution < 1.29 is 19.4 Å². The van der Waals surface area contributed by atoms with E-state index in [1.807, 2.05) is 0 Å². The summed E-state index contributed by atoms with van der Waals surface area (Å²) in [6, 6.07) is 0. The summed E-state index contributed by atoms with van der Waals surface area (Å²) in [5, 5.41) is 8.31. The van der Waals surface area contributed by atoms with Crippen LogP contribution in [0.25, 0.3) is 0 Å². The van der Waals surface area contributed by atoms with Gasteiger partial charge < -0.3 is 14.6 Å². The fourth-order valence-corrected chi connectivity index (χ4v) is 0.797. The van der Waals surface area contributed by atoms with Crippen molar-refractivity contribution in [3.8, 4) is 0 Å². The normalized spacial score (nSPS) is 18.9. The molecule has 5 heteroatoms. The molecule has 1 rings (SSSR count). The van der Waals surface area contributed by atoms with Gasteiger partial charge in [-0.1, -0.05) is 0 Å². The van der Waals surface area contributed by atoms with Crippen LogP contribution < -0.4 is 0 Å². The molecule has 0 atom stereocenters. The molecule has 1 heterocycles. The SMILES string of the molecule is O=C(O)CC1OCCCO1.[KH]. The molecule has 0 radical (unpaired) electrons. The van der Waals surface area contributed by atoms with E-state index in [1.54, 1.807) is 0 Å². The van der Waals surface area contributed by atoms with E-state index in [9.17, 15) is 4.79 Å². The number of carboxylic acid groups (broad SMARTS) is 1. The van der Waals surface area contributed by atoms with E-state index in [0.29, 0.717) is 13.2 Å². The summed E-state index contributed by atoms with van der Waals surface area (Å²) < 4.78 is 9.97. The molecule has 0 unspecified atom stereocenters. The zero-order chi connectivity index (χ0) is 7.40. The van der Waals surface area contributed by atoms with Gasteiger partial charge in [-0.3, -0.25) is 4.79 Å². The third kappa shape index (κ3) is 5.29. The number of carbonyl (C=O) groups is 1. The third-order valence-electron chi connectivity index (χ3n) is 1.24. The molecule has 0 aliphatic carbocycles. The summed E-state index contributed by atoms with van der Waals surface area (Å²) in [5.41, 5.74) is 0. The quantitative estimate of drug-likeness (QED) is 0.595. The Bertz CT molecular complexity index is 122. The molecule has 0 amide bonds. The van der Waals surface area contributed by atoms with Crippen molar-refractivity contribution in [2.24, 2.45) is 0 Å². The predicted octanol–water partition coefficient (Wildman–Crippen LogP) is -0.424. The van der Waals surface area contributed by atoms with Gasteiger partial charge in [-0.15, -0.1) is 0 Å². The fraction of sp³-hybridized carbons (Fsp3) is 0.833. The van der Waals surface area contributed by atoms with Gasteiger partial charge in [0.15, 0.2) is 6.29 Å². The molecular weight excluding hydrogens is 175 g/mol. The first kappa shape index (κ1) is 12.0. The van der Waals surface area contributed by atoms with E-state index in [0.717, 1.165) is 6.42 Å². The third-order valence-corrected chi connectivity index (χ3v) is 1.24. The second kappa shape index (κ2) is 6.53. The number of ether oxygens (including phenoxy) is 2. The number of carboxylic acids is 1. The summed E-state index contributed by atoms with van der Waals surface area (Å²) in [6.07, 6.45) is 0.280. The van der Waals surface area contributed by atoms with E-state index >= 15 is 0 Å². The first-order valence-electron chi connectivity index (χ1n) is 3.24. The average Bonchev–Trinajstić information content (AvgIpc) is 1.88. The Kier molecular flexibility index (Phi) is 7.14. The van der Waals surface area contributed by atoms with Crippen molar-refractivity contribution in [1.82, 2.24) is 0 Å². The standard InChI is InChI=1S/C6H10O4.K.H/c7-5(8)4-6-9-2-1-3-10-6;;/h6H,1-4H2,(H,7,8);;. The zero-order valence-electron chi connectivity index (χ0n) is 5.58. The van der Waals surface area contributed by atoms with Gasteiger partial charge in [-0.05, 0) is 6.42 Å². The van der Waals surface area contributed by atoms with Crippen molar-refractivity contribution in [2.75, 3.05) is 13.2 Å². The Balaban J connectivity index is 0.000001000. The minimum atomic E-state index is -0.882. The summed E-state index contributed by atoms with van der Waals surface area (Å²) in [4.78, 5) is 10.1. The molecule has 1 saturated heterocycles. The average molecular weight is 186 g/mol. The van der Waals surface area contributed by atoms with Gasteiger partial charge >= 0.3 is 57.4 Å². The maximum absolute atomic E-state index is 10.1. The summed E-state index contributed by atoms with van der Waals surface area (Å²) in [6.45, 7) is 1.22. The van der Waals surface area contributed by atoms with Crippen molar-refractivity contribution in [3.05, 3.63) is 0 Å². The van der Waals surface area contributed by atoms with E-state index in [2.05, 4.69) is 0 Å². The van der Waals surface area contributed by atoms with Gasteiger partial charge in [0.05, 0.1) is 19.6 Å². The van der Waals surface area contributed by atoms with Gasteiger partial charge in [-0.25, -0.2) is 0 Å². The Morgan fingerprint density at radius 2 is 2.00 bits per heavy atom. The topological polar surface area (TPSA) is 55.8 Å². The van der Waals surface area contributed by atoms with Crippen molar-refractivity contribution >= 4 is 57.4 Å². The molecule has 0 spiro atoms. The number of hydrogen-bond donors (Lipinski definition) is 1. The van der Waals surface area contributed by atoms with Crippen LogP contribution in [0.15, 0.2) is 0 Å². The van der Waals surface area contributed by atoms with Crippen LogP contribution in [0.5, 0.6) is 0 Å². The Labute approximate surface area is 108 Å². The molecule has 60 valence electrons. The van der Waals surface area contributed by atoms with Crippen molar-refractivity contribution in [1.29, 1.82) is 0 Å². The molecule has 0 aromatic carbocycles. The minimum absolute atomic E-state index is 0. The molecule has 0 aromatic rings. The van der Waals surface area contributed by atoms with Gasteiger partial charge in [0, 0.05) is 0 Å². The van der Waals surface area contributed by atoms with Crippen LogP contribution in [0, 0.1) is 0 Å². The Hall–Kier alpha value is 1.03. The molecular formula is C6H11KO4. The van der Waals surface area contributed by atoms with Crippen LogP contribution in [-0.4, -0.2) is 82.0 Å². The summed E-state index contributed by atoms with van der Waals surface area (Å²) in [5.74, 6) is -0.882. The zero-order valence-corrected chi connectivity index (χ0v) is 5.58. The monoisotopic (exact) mass is 186 g/mol. The molecule has 0 saturated carbocycles. The molecule has 1 fully saturated rings. The molecule has 4 nitrogen and oxygen atoms in total. The maximum atomic E-state index is 10.1. The molecule has 1 N–H and O–H groups in total.